The molecule has 0 aliphatic carbocycles. The van der Waals surface area contributed by atoms with Crippen LogP contribution in [-0.4, -0.2) is 45.5 Å². The summed E-state index contributed by atoms with van der Waals surface area (Å²) >= 11 is 0. The van der Waals surface area contributed by atoms with Gasteiger partial charge in [0.25, 0.3) is 0 Å². The molecule has 0 heterocycles. The number of aliphatic carboxylic acids is 1. The maximum atomic E-state index is 12.0. The van der Waals surface area contributed by atoms with Gasteiger partial charge in [-0.05, 0) is 12.1 Å². The molecule has 18 heavy (non-hydrogen) atoms. The molecule has 100 valence electrons. The van der Waals surface area contributed by atoms with Gasteiger partial charge in [0, 0.05) is 7.11 Å². The molecule has 1 rings (SSSR count). The van der Waals surface area contributed by atoms with Crippen LogP contribution in [-0.2, 0) is 19.6 Å². The average Bonchev–Trinajstić information content (AvgIpc) is 2.34. The number of hydrogen-bond donors (Lipinski definition) is 1. The number of methoxy groups -OCH3 is 1. The molecule has 6 nitrogen and oxygen atoms in total. The van der Waals surface area contributed by atoms with Crippen LogP contribution >= 0.6 is 0 Å². The number of sulfonamides is 1. The zero-order valence-electron chi connectivity index (χ0n) is 9.94. The molecule has 1 aromatic carbocycles. The molecule has 0 spiro atoms. The van der Waals surface area contributed by atoms with E-state index in [1.165, 1.54) is 7.11 Å². The standard InChI is InChI=1S/C11H15NO5S/c1-17-7-8-18(15,16)12(9-11(13)14)10-5-3-2-4-6-10/h2-6H,7-9H2,1H3,(H,13,14). The molecule has 0 fully saturated rings. The first-order valence-electron chi connectivity index (χ1n) is 5.23. The number of nitrogens with zero attached hydrogens (tertiary/aromatic N) is 1. The molecule has 7 heteroatoms. The molecule has 0 aliphatic rings. The normalized spacial score (nSPS) is 11.2. The van der Waals surface area contributed by atoms with Gasteiger partial charge in [-0.15, -0.1) is 0 Å². The van der Waals surface area contributed by atoms with Crippen molar-refractivity contribution in [3.8, 4) is 0 Å². The highest BCUT2D eigenvalue weighted by Gasteiger charge is 2.24. The first kappa shape index (κ1) is 14.5. The Hall–Kier alpha value is -1.60. The molecule has 0 unspecified atom stereocenters. The fourth-order valence-electron chi connectivity index (χ4n) is 1.37. The summed E-state index contributed by atoms with van der Waals surface area (Å²) in [6.07, 6.45) is 0. The van der Waals surface area contributed by atoms with Gasteiger partial charge >= 0.3 is 5.97 Å². The second kappa shape index (κ2) is 6.36. The van der Waals surface area contributed by atoms with Crippen molar-refractivity contribution in [2.24, 2.45) is 0 Å². The fraction of sp³-hybridized carbons (Fsp3) is 0.364. The van der Waals surface area contributed by atoms with Gasteiger partial charge in [-0.1, -0.05) is 18.2 Å². The third-order valence-electron chi connectivity index (χ3n) is 2.20. The quantitative estimate of drug-likeness (QED) is 0.784. The minimum atomic E-state index is -3.71. The van der Waals surface area contributed by atoms with Crippen molar-refractivity contribution < 1.29 is 23.1 Å². The molecule has 1 aromatic rings. The molecular weight excluding hydrogens is 258 g/mol. The lowest BCUT2D eigenvalue weighted by Gasteiger charge is -2.22. The highest BCUT2D eigenvalue weighted by Crippen LogP contribution is 2.17. The Balaban J connectivity index is 3.02. The van der Waals surface area contributed by atoms with E-state index in [-0.39, 0.29) is 12.4 Å². The van der Waals surface area contributed by atoms with E-state index in [1.807, 2.05) is 0 Å². The number of anilines is 1. The summed E-state index contributed by atoms with van der Waals surface area (Å²) in [7, 11) is -2.32. The summed E-state index contributed by atoms with van der Waals surface area (Å²) in [5, 5.41) is 8.80. The number of benzene rings is 1. The molecular formula is C11H15NO5S. The molecule has 0 amide bonds. The van der Waals surface area contributed by atoms with Crippen LogP contribution in [0.15, 0.2) is 30.3 Å². The molecule has 0 radical (unpaired) electrons. The smallest absolute Gasteiger partial charge is 0.324 e. The molecule has 0 atom stereocenters. The monoisotopic (exact) mass is 273 g/mol. The van der Waals surface area contributed by atoms with Crippen LogP contribution < -0.4 is 4.31 Å². The minimum Gasteiger partial charge on any atom is -0.480 e. The Morgan fingerprint density at radius 3 is 2.44 bits per heavy atom. The second-order valence-electron chi connectivity index (χ2n) is 3.54. The Morgan fingerprint density at radius 2 is 1.94 bits per heavy atom. The van der Waals surface area contributed by atoms with Crippen molar-refractivity contribution in [3.63, 3.8) is 0 Å². The molecule has 0 saturated heterocycles. The van der Waals surface area contributed by atoms with Gasteiger partial charge in [-0.2, -0.15) is 0 Å². The predicted molar refractivity (Wildman–Crippen MR) is 67.1 cm³/mol. The third kappa shape index (κ3) is 4.01. The lowest BCUT2D eigenvalue weighted by Crippen LogP contribution is -2.38. The number of hydrogen-bond acceptors (Lipinski definition) is 4. The molecule has 0 bridgehead atoms. The van der Waals surface area contributed by atoms with Gasteiger partial charge in [0.1, 0.15) is 6.54 Å². The lowest BCUT2D eigenvalue weighted by atomic mass is 10.3. The largest absolute Gasteiger partial charge is 0.480 e. The van der Waals surface area contributed by atoms with E-state index in [1.54, 1.807) is 30.3 Å². The number of ether oxygens (including phenoxy) is 1. The average molecular weight is 273 g/mol. The zero-order chi connectivity index (χ0) is 13.6. The number of carboxylic acids is 1. The highest BCUT2D eigenvalue weighted by atomic mass is 32.2. The predicted octanol–water partition coefficient (Wildman–Crippen LogP) is 0.554. The van der Waals surface area contributed by atoms with E-state index in [9.17, 15) is 13.2 Å². The van der Waals surface area contributed by atoms with Crippen LogP contribution in [0.4, 0.5) is 5.69 Å². The Bertz CT molecular complexity index is 485. The maximum Gasteiger partial charge on any atom is 0.324 e. The summed E-state index contributed by atoms with van der Waals surface area (Å²) in [6, 6.07) is 8.12. The van der Waals surface area contributed by atoms with E-state index < -0.39 is 22.5 Å². The maximum absolute atomic E-state index is 12.0. The van der Waals surface area contributed by atoms with E-state index in [4.69, 9.17) is 9.84 Å². The van der Waals surface area contributed by atoms with Gasteiger partial charge in [-0.3, -0.25) is 9.10 Å². The van der Waals surface area contributed by atoms with Crippen molar-refractivity contribution in [1.29, 1.82) is 0 Å². The summed E-state index contributed by atoms with van der Waals surface area (Å²) in [5.74, 6) is -1.47. The summed E-state index contributed by atoms with van der Waals surface area (Å²) < 4.78 is 29.6. The number of carbonyl (C=O) groups is 1. The van der Waals surface area contributed by atoms with Crippen molar-refractivity contribution in [2.75, 3.05) is 30.3 Å². The first-order valence-corrected chi connectivity index (χ1v) is 6.84. The Kier molecular flexibility index (Phi) is 5.11. The SMILES string of the molecule is COCCS(=O)(=O)N(CC(=O)O)c1ccccc1. The summed E-state index contributed by atoms with van der Waals surface area (Å²) in [6.45, 7) is -0.582. The van der Waals surface area contributed by atoms with Crippen molar-refractivity contribution in [3.05, 3.63) is 30.3 Å². The topological polar surface area (TPSA) is 83.9 Å². The molecule has 0 aliphatic heterocycles. The zero-order valence-corrected chi connectivity index (χ0v) is 10.8. The van der Waals surface area contributed by atoms with Crippen LogP contribution in [0, 0.1) is 0 Å². The van der Waals surface area contributed by atoms with E-state index in [2.05, 4.69) is 0 Å². The van der Waals surface area contributed by atoms with Crippen LogP contribution in [0.1, 0.15) is 0 Å². The summed E-state index contributed by atoms with van der Waals surface area (Å²) in [4.78, 5) is 10.8. The van der Waals surface area contributed by atoms with E-state index in [0.717, 1.165) is 4.31 Å². The van der Waals surface area contributed by atoms with Crippen LogP contribution in [0.5, 0.6) is 0 Å². The third-order valence-corrected chi connectivity index (χ3v) is 3.90. The molecule has 0 saturated carbocycles. The second-order valence-corrected chi connectivity index (χ2v) is 5.56. The highest BCUT2D eigenvalue weighted by molar-refractivity contribution is 7.92. The van der Waals surface area contributed by atoms with Crippen molar-refractivity contribution in [1.82, 2.24) is 0 Å². The Morgan fingerprint density at radius 1 is 1.33 bits per heavy atom. The number of rotatable bonds is 7. The lowest BCUT2D eigenvalue weighted by molar-refractivity contribution is -0.135. The van der Waals surface area contributed by atoms with Gasteiger partial charge in [-0.25, -0.2) is 8.42 Å². The van der Waals surface area contributed by atoms with Gasteiger partial charge < -0.3 is 9.84 Å². The van der Waals surface area contributed by atoms with Gasteiger partial charge in [0.2, 0.25) is 10.0 Å². The van der Waals surface area contributed by atoms with Crippen LogP contribution in [0.2, 0.25) is 0 Å². The first-order chi connectivity index (χ1) is 8.47. The summed E-state index contributed by atoms with van der Waals surface area (Å²) in [5.41, 5.74) is 0.330. The number of carboxylic acid groups (broad SMARTS) is 1. The fourth-order valence-corrected chi connectivity index (χ4v) is 2.71. The van der Waals surface area contributed by atoms with Gasteiger partial charge in [0.05, 0.1) is 18.0 Å². The van der Waals surface area contributed by atoms with Gasteiger partial charge in [0.15, 0.2) is 0 Å². The molecule has 1 N–H and O–H groups in total. The Labute approximate surface area is 106 Å². The van der Waals surface area contributed by atoms with Crippen LogP contribution in [0.25, 0.3) is 0 Å². The number of para-hydroxylation sites is 1. The van der Waals surface area contributed by atoms with Crippen molar-refractivity contribution >= 4 is 21.7 Å². The van der Waals surface area contributed by atoms with E-state index in [0.29, 0.717) is 5.69 Å². The minimum absolute atomic E-state index is 0.0191. The van der Waals surface area contributed by atoms with Crippen molar-refractivity contribution in [2.45, 2.75) is 0 Å². The van der Waals surface area contributed by atoms with Crippen LogP contribution in [0.3, 0.4) is 0 Å². The van der Waals surface area contributed by atoms with E-state index >= 15 is 0 Å². The molecule has 0 aromatic heterocycles.